The lowest BCUT2D eigenvalue weighted by Crippen LogP contribution is -2.35. The number of para-hydroxylation sites is 1. The number of non-ortho nitro benzene ring substituents is 1. The summed E-state index contributed by atoms with van der Waals surface area (Å²) in [7, 11) is 1.21. The van der Waals surface area contributed by atoms with Crippen molar-refractivity contribution in [2.24, 2.45) is 0 Å². The van der Waals surface area contributed by atoms with Gasteiger partial charge in [-0.25, -0.2) is 19.2 Å². The van der Waals surface area contributed by atoms with Gasteiger partial charge < -0.3 is 44.9 Å². The molecule has 1 heterocycles. The number of carbonyl (C=O) groups excluding carboxylic acids is 2. The molecular formula is C32H36N4O13. The van der Waals surface area contributed by atoms with Gasteiger partial charge in [0.2, 0.25) is 0 Å². The molecule has 1 aliphatic heterocycles. The van der Waals surface area contributed by atoms with Crippen LogP contribution in [0.25, 0.3) is 0 Å². The molecule has 0 fully saturated rings. The highest BCUT2D eigenvalue weighted by Gasteiger charge is 2.39. The highest BCUT2D eigenvalue weighted by atomic mass is 16.6. The second kappa shape index (κ2) is 19.7. The van der Waals surface area contributed by atoms with Crippen LogP contribution in [0.15, 0.2) is 71.1 Å². The van der Waals surface area contributed by atoms with Crippen LogP contribution in [0.4, 0.5) is 5.69 Å². The van der Waals surface area contributed by atoms with Crippen LogP contribution in [0.1, 0.15) is 30.9 Å². The molecule has 0 spiro atoms. The first-order valence-electron chi connectivity index (χ1n) is 14.6. The number of allylic oxidation sites excluding steroid dienone is 1. The first-order valence-corrected chi connectivity index (χ1v) is 14.6. The fourth-order valence-corrected chi connectivity index (χ4v) is 4.51. The van der Waals surface area contributed by atoms with Gasteiger partial charge in [0.1, 0.15) is 24.5 Å². The summed E-state index contributed by atoms with van der Waals surface area (Å²) < 4.78 is 21.6. The van der Waals surface area contributed by atoms with Crippen molar-refractivity contribution in [1.82, 2.24) is 10.6 Å². The maximum Gasteiger partial charge on any atom is 0.414 e. The smallest absolute Gasteiger partial charge is 0.414 e. The van der Waals surface area contributed by atoms with Crippen LogP contribution in [0.2, 0.25) is 0 Å². The van der Waals surface area contributed by atoms with Crippen LogP contribution in [0.3, 0.4) is 0 Å². The number of nitriles is 1. The molecule has 0 amide bonds. The summed E-state index contributed by atoms with van der Waals surface area (Å²) in [5.74, 6) is -5.68. The number of carboxylic acid groups (broad SMARTS) is 2. The second-order valence-corrected chi connectivity index (χ2v) is 9.99. The Morgan fingerprint density at radius 3 is 2.39 bits per heavy atom. The number of methoxy groups -OCH3 is 1. The van der Waals surface area contributed by atoms with Gasteiger partial charge in [-0.2, -0.15) is 5.26 Å². The van der Waals surface area contributed by atoms with Gasteiger partial charge in [0, 0.05) is 30.9 Å². The average molecular weight is 685 g/mol. The van der Waals surface area contributed by atoms with E-state index in [2.05, 4.69) is 10.6 Å². The number of rotatable bonds is 15. The molecule has 1 aliphatic rings. The van der Waals surface area contributed by atoms with Crippen LogP contribution >= 0.6 is 0 Å². The maximum absolute atomic E-state index is 13.2. The molecule has 5 N–H and O–H groups in total. The number of ether oxygens (including phenoxy) is 4. The summed E-state index contributed by atoms with van der Waals surface area (Å²) in [5, 5.41) is 51.7. The zero-order valence-electron chi connectivity index (χ0n) is 26.8. The SMILES string of the molecule is CCOC(=O)C1=C(COCCNCC(O)COc2ccccc2C#N)NC(C)=C(C(=O)OC)C1c1cccc([N+](=O)[O-])c1.O=C(O)C(=O)O. The van der Waals surface area contributed by atoms with Gasteiger partial charge >= 0.3 is 23.9 Å². The second-order valence-electron chi connectivity index (χ2n) is 9.99. The topological polar surface area (TPSA) is 257 Å². The molecule has 17 nitrogen and oxygen atoms in total. The minimum atomic E-state index is -1.82. The van der Waals surface area contributed by atoms with E-state index in [4.69, 9.17) is 44.0 Å². The van der Waals surface area contributed by atoms with E-state index in [0.29, 0.717) is 34.8 Å². The molecule has 2 atom stereocenters. The van der Waals surface area contributed by atoms with E-state index in [1.54, 1.807) is 44.2 Å². The monoisotopic (exact) mass is 684 g/mol. The van der Waals surface area contributed by atoms with E-state index >= 15 is 0 Å². The Bertz CT molecular complexity index is 1620. The highest BCUT2D eigenvalue weighted by Crippen LogP contribution is 2.40. The van der Waals surface area contributed by atoms with Crippen molar-refractivity contribution in [3.05, 3.63) is 92.3 Å². The van der Waals surface area contributed by atoms with Crippen LogP contribution in [-0.4, -0.2) is 96.9 Å². The van der Waals surface area contributed by atoms with Crippen molar-refractivity contribution in [2.45, 2.75) is 25.9 Å². The van der Waals surface area contributed by atoms with Gasteiger partial charge in [0.05, 0.1) is 60.2 Å². The largest absolute Gasteiger partial charge is 0.489 e. The maximum atomic E-state index is 13.2. The van der Waals surface area contributed by atoms with Gasteiger partial charge in [0.25, 0.3) is 5.69 Å². The molecule has 0 aromatic heterocycles. The fraction of sp³-hybridized carbons (Fsp3) is 0.344. The van der Waals surface area contributed by atoms with Crippen molar-refractivity contribution in [2.75, 3.05) is 46.6 Å². The highest BCUT2D eigenvalue weighted by molar-refractivity contribution is 6.27. The standard InChI is InChI=1S/C30H34N4O9.C2H2O4/c1-4-42-30(37)28-24(18-41-13-12-32-16-23(35)17-43-25-11-6-5-8-21(25)15-31)33-19(2)26(29(36)40-3)27(28)20-9-7-10-22(14-20)34(38)39;3-1(4)2(5)6/h5-11,14,23,27,32-33,35H,4,12-13,16-18H2,1-3H3;(H,3,4)(H,5,6). The van der Waals surface area contributed by atoms with Crippen LogP contribution in [0, 0.1) is 21.4 Å². The average Bonchev–Trinajstić information content (AvgIpc) is 3.08. The number of carboxylic acids is 2. The fourth-order valence-electron chi connectivity index (χ4n) is 4.51. The van der Waals surface area contributed by atoms with Crippen LogP contribution < -0.4 is 15.4 Å². The number of nitrogens with zero attached hydrogens (tertiary/aromatic N) is 2. The molecule has 0 bridgehead atoms. The third-order valence-corrected chi connectivity index (χ3v) is 6.63. The van der Waals surface area contributed by atoms with Gasteiger partial charge in [-0.15, -0.1) is 0 Å². The van der Waals surface area contributed by atoms with Crippen molar-refractivity contribution < 1.29 is 58.4 Å². The van der Waals surface area contributed by atoms with Crippen molar-refractivity contribution in [3.63, 3.8) is 0 Å². The number of nitrogens with one attached hydrogen (secondary N) is 2. The lowest BCUT2D eigenvalue weighted by Gasteiger charge is -2.31. The summed E-state index contributed by atoms with van der Waals surface area (Å²) in [4.78, 5) is 55.2. The van der Waals surface area contributed by atoms with Gasteiger partial charge in [-0.05, 0) is 31.5 Å². The normalized spacial score (nSPS) is 14.3. The Hall–Kier alpha value is -5.83. The molecule has 0 saturated carbocycles. The number of aliphatic carboxylic acids is 2. The van der Waals surface area contributed by atoms with E-state index in [0.717, 1.165) is 0 Å². The predicted molar refractivity (Wildman–Crippen MR) is 169 cm³/mol. The number of benzene rings is 2. The summed E-state index contributed by atoms with van der Waals surface area (Å²) in [6.07, 6.45) is -0.842. The Labute approximate surface area is 280 Å². The summed E-state index contributed by atoms with van der Waals surface area (Å²) >= 11 is 0. The third kappa shape index (κ3) is 11.7. The number of nitro groups is 1. The molecule has 2 aromatic carbocycles. The minimum absolute atomic E-state index is 0.0145. The number of aliphatic hydroxyl groups is 1. The van der Waals surface area contributed by atoms with Crippen molar-refractivity contribution in [1.29, 1.82) is 5.26 Å². The molecule has 262 valence electrons. The number of aliphatic hydroxyl groups excluding tert-OH is 1. The number of hydrogen-bond acceptors (Lipinski definition) is 14. The molecule has 49 heavy (non-hydrogen) atoms. The number of hydrogen-bond donors (Lipinski definition) is 5. The lowest BCUT2D eigenvalue weighted by molar-refractivity contribution is -0.384. The molecule has 17 heteroatoms. The number of esters is 2. The predicted octanol–water partition coefficient (Wildman–Crippen LogP) is 1.62. The summed E-state index contributed by atoms with van der Waals surface area (Å²) in [6.45, 7) is 4.01. The molecule has 2 aromatic rings. The molecule has 0 radical (unpaired) electrons. The van der Waals surface area contributed by atoms with E-state index in [1.165, 1.54) is 25.3 Å². The summed E-state index contributed by atoms with van der Waals surface area (Å²) in [5.41, 5.74) is 1.44. The van der Waals surface area contributed by atoms with Crippen molar-refractivity contribution >= 4 is 29.6 Å². The van der Waals surface area contributed by atoms with Gasteiger partial charge in [-0.3, -0.25) is 10.1 Å². The first kappa shape index (κ1) is 39.3. The Balaban J connectivity index is 0.00000127. The molecule has 0 aliphatic carbocycles. The number of nitro benzene ring substituents is 1. The van der Waals surface area contributed by atoms with E-state index in [9.17, 15) is 24.8 Å². The van der Waals surface area contributed by atoms with E-state index in [1.807, 2.05) is 6.07 Å². The Morgan fingerprint density at radius 2 is 1.78 bits per heavy atom. The van der Waals surface area contributed by atoms with Crippen molar-refractivity contribution in [3.8, 4) is 11.8 Å². The van der Waals surface area contributed by atoms with E-state index < -0.39 is 40.8 Å². The quantitative estimate of drug-likeness (QED) is 0.0587. The molecule has 3 rings (SSSR count). The van der Waals surface area contributed by atoms with Crippen LogP contribution in [-0.2, 0) is 33.4 Å². The first-order chi connectivity index (χ1) is 23.4. The molecule has 2 unspecified atom stereocenters. The van der Waals surface area contributed by atoms with Gasteiger partial charge in [0.15, 0.2) is 0 Å². The zero-order valence-corrected chi connectivity index (χ0v) is 26.8. The lowest BCUT2D eigenvalue weighted by atomic mass is 9.80. The van der Waals surface area contributed by atoms with Crippen LogP contribution in [0.5, 0.6) is 5.75 Å². The van der Waals surface area contributed by atoms with E-state index in [-0.39, 0.29) is 49.8 Å². The molecular weight excluding hydrogens is 648 g/mol. The summed E-state index contributed by atoms with van der Waals surface area (Å²) in [6, 6.07) is 14.5. The third-order valence-electron chi connectivity index (χ3n) is 6.63. The zero-order chi connectivity index (χ0) is 36.5. The van der Waals surface area contributed by atoms with Gasteiger partial charge in [-0.1, -0.05) is 24.3 Å². The minimum Gasteiger partial charge on any atom is -0.489 e. The molecule has 0 saturated heterocycles. The number of carbonyl (C=O) groups is 4. The number of dihydropyridines is 1. The Morgan fingerprint density at radius 1 is 1.08 bits per heavy atom. The Kier molecular flexibility index (Phi) is 15.9.